The smallest absolute Gasteiger partial charge is 0.0353 e. The van der Waals surface area contributed by atoms with Gasteiger partial charge >= 0.3 is 0 Å². The Bertz CT molecular complexity index is 82.0. The van der Waals surface area contributed by atoms with Gasteiger partial charge in [-0.3, -0.25) is 0 Å². The third kappa shape index (κ3) is 59.2. The molecule has 0 heteroatoms. The minimum atomic E-state index is 0. The van der Waals surface area contributed by atoms with Crippen LogP contribution >= 0.6 is 0 Å². The monoisotopic (exact) mass is 214 g/mol. The molecule has 0 aliphatic rings. The maximum absolute atomic E-state index is 3.68. The van der Waals surface area contributed by atoms with E-state index in [0.29, 0.717) is 0 Å². The summed E-state index contributed by atoms with van der Waals surface area (Å²) in [5.74, 6) is 0. The third-order valence-corrected chi connectivity index (χ3v) is 1.51. The molecule has 0 heterocycles. The van der Waals surface area contributed by atoms with Crippen molar-refractivity contribution in [2.45, 2.75) is 73.6 Å². The second-order valence-electron chi connectivity index (χ2n) is 2.90. The van der Waals surface area contributed by atoms with Crippen LogP contribution in [-0.4, -0.2) is 0 Å². The summed E-state index contributed by atoms with van der Waals surface area (Å²) in [5.41, 5.74) is 0. The molecule has 0 aromatic heterocycles. The van der Waals surface area contributed by atoms with Crippen molar-refractivity contribution in [2.75, 3.05) is 0 Å². The van der Waals surface area contributed by atoms with Crippen molar-refractivity contribution in [1.29, 1.82) is 0 Å². The van der Waals surface area contributed by atoms with Crippen LogP contribution in [0.3, 0.4) is 0 Å². The Morgan fingerprint density at radius 2 is 1.33 bits per heavy atom. The molecule has 0 aromatic carbocycles. The summed E-state index contributed by atoms with van der Waals surface area (Å²) in [6.45, 7) is 15.2. The summed E-state index contributed by atoms with van der Waals surface area (Å²) in [6.07, 6.45) is 11.8. The Morgan fingerprint density at radius 3 is 1.67 bits per heavy atom. The van der Waals surface area contributed by atoms with E-state index in [9.17, 15) is 0 Å². The fourth-order valence-electron chi connectivity index (χ4n) is 0.892. The van der Waals surface area contributed by atoms with Crippen molar-refractivity contribution >= 4 is 0 Å². The highest BCUT2D eigenvalue weighted by Crippen LogP contribution is 2.04. The SMILES string of the molecule is C.C=CC.C=CCCCCCCC.CC. The molecule has 0 N–H and O–H groups in total. The van der Waals surface area contributed by atoms with Gasteiger partial charge < -0.3 is 0 Å². The molecule has 0 nitrogen and oxygen atoms in total. The third-order valence-electron chi connectivity index (χ3n) is 1.51. The molecule has 0 saturated carbocycles. The lowest BCUT2D eigenvalue weighted by Gasteiger charge is -1.94. The molecule has 0 bridgehead atoms. The van der Waals surface area contributed by atoms with Gasteiger partial charge in [0, 0.05) is 0 Å². The van der Waals surface area contributed by atoms with E-state index in [-0.39, 0.29) is 7.43 Å². The number of hydrogen-bond donors (Lipinski definition) is 0. The Labute approximate surface area is 99.5 Å². The van der Waals surface area contributed by atoms with Gasteiger partial charge in [-0.15, -0.1) is 13.2 Å². The number of hydrogen-bond acceptors (Lipinski definition) is 0. The molecule has 0 saturated heterocycles. The molecule has 0 fully saturated rings. The minimum absolute atomic E-state index is 0. The molecule has 0 radical (unpaired) electrons. The van der Waals surface area contributed by atoms with Crippen molar-refractivity contribution in [1.82, 2.24) is 0 Å². The van der Waals surface area contributed by atoms with Crippen LogP contribution in [0, 0.1) is 0 Å². The van der Waals surface area contributed by atoms with Gasteiger partial charge in [-0.05, 0) is 19.8 Å². The average Bonchev–Trinajstić information content (AvgIpc) is 2.22. The first-order valence-electron chi connectivity index (χ1n) is 6.01. The first kappa shape index (κ1) is 24.0. The van der Waals surface area contributed by atoms with Gasteiger partial charge in [-0.1, -0.05) is 66.0 Å². The van der Waals surface area contributed by atoms with E-state index in [1.807, 2.05) is 26.8 Å². The van der Waals surface area contributed by atoms with Crippen LogP contribution < -0.4 is 0 Å². The molecule has 0 aromatic rings. The van der Waals surface area contributed by atoms with Gasteiger partial charge in [-0.25, -0.2) is 0 Å². The zero-order valence-electron chi connectivity index (χ0n) is 10.8. The van der Waals surface area contributed by atoms with Crippen LogP contribution in [0.2, 0.25) is 0 Å². The van der Waals surface area contributed by atoms with Gasteiger partial charge in [0.05, 0.1) is 0 Å². The van der Waals surface area contributed by atoms with E-state index in [4.69, 9.17) is 0 Å². The topological polar surface area (TPSA) is 0 Å². The first-order valence-corrected chi connectivity index (χ1v) is 6.01. The minimum Gasteiger partial charge on any atom is -0.103 e. The standard InChI is InChI=1S/C9H18.C3H6.C2H6.CH4/c1-3-5-7-9-8-6-4-2;1-3-2;1-2;/h3H,1,4-9H2,2H3;3H,1H2,2H3;1-2H3;1H4. The molecular weight excluding hydrogens is 180 g/mol. The van der Waals surface area contributed by atoms with E-state index in [1.54, 1.807) is 6.08 Å². The van der Waals surface area contributed by atoms with E-state index < -0.39 is 0 Å². The molecule has 0 aliphatic carbocycles. The van der Waals surface area contributed by atoms with Crippen molar-refractivity contribution in [2.24, 2.45) is 0 Å². The highest BCUT2D eigenvalue weighted by Gasteiger charge is 1.84. The number of rotatable bonds is 6. The lowest BCUT2D eigenvalue weighted by atomic mass is 10.1. The molecule has 0 rings (SSSR count). The van der Waals surface area contributed by atoms with Crippen LogP contribution in [0.25, 0.3) is 0 Å². The number of allylic oxidation sites excluding steroid dienone is 2. The highest BCUT2D eigenvalue weighted by molar-refractivity contribution is 4.65. The van der Waals surface area contributed by atoms with E-state index >= 15 is 0 Å². The predicted molar refractivity (Wildman–Crippen MR) is 77.5 cm³/mol. The van der Waals surface area contributed by atoms with Crippen LogP contribution in [0.4, 0.5) is 0 Å². The maximum Gasteiger partial charge on any atom is -0.0353 e. The van der Waals surface area contributed by atoms with Gasteiger partial charge in [0.2, 0.25) is 0 Å². The Kier molecular flexibility index (Phi) is 59.9. The quantitative estimate of drug-likeness (QED) is 0.355. The van der Waals surface area contributed by atoms with Crippen molar-refractivity contribution in [3.05, 3.63) is 25.3 Å². The van der Waals surface area contributed by atoms with Crippen LogP contribution in [0.5, 0.6) is 0 Å². The molecule has 0 spiro atoms. The molecule has 94 valence electrons. The van der Waals surface area contributed by atoms with Crippen molar-refractivity contribution in [3.63, 3.8) is 0 Å². The number of unbranched alkanes of at least 4 members (excludes halogenated alkanes) is 5. The Hall–Kier alpha value is -0.520. The summed E-state index contributed by atoms with van der Waals surface area (Å²) in [7, 11) is 0. The first-order chi connectivity index (χ1) is 6.83. The molecule has 0 amide bonds. The normalized spacial score (nSPS) is 6.93. The van der Waals surface area contributed by atoms with E-state index in [0.717, 1.165) is 0 Å². The molecular formula is C15H34. The van der Waals surface area contributed by atoms with Gasteiger partial charge in [0.25, 0.3) is 0 Å². The Balaban J connectivity index is -0.0000000867. The summed E-state index contributed by atoms with van der Waals surface area (Å²) >= 11 is 0. The van der Waals surface area contributed by atoms with E-state index in [1.165, 1.54) is 38.5 Å². The lowest BCUT2D eigenvalue weighted by Crippen LogP contribution is -1.74. The predicted octanol–water partition coefficient (Wildman–Crippen LogP) is 6.39. The van der Waals surface area contributed by atoms with Crippen LogP contribution in [-0.2, 0) is 0 Å². The Morgan fingerprint density at radius 1 is 0.933 bits per heavy atom. The zero-order valence-corrected chi connectivity index (χ0v) is 10.8. The summed E-state index contributed by atoms with van der Waals surface area (Å²) < 4.78 is 0. The highest BCUT2D eigenvalue weighted by atomic mass is 13.9. The maximum atomic E-state index is 3.68. The second kappa shape index (κ2) is 37.5. The average molecular weight is 214 g/mol. The van der Waals surface area contributed by atoms with Gasteiger partial charge in [0.15, 0.2) is 0 Å². The summed E-state index contributed by atoms with van der Waals surface area (Å²) in [6, 6.07) is 0. The zero-order chi connectivity index (χ0) is 11.7. The second-order valence-corrected chi connectivity index (χ2v) is 2.90. The van der Waals surface area contributed by atoms with Crippen molar-refractivity contribution in [3.8, 4) is 0 Å². The molecule has 15 heavy (non-hydrogen) atoms. The summed E-state index contributed by atoms with van der Waals surface area (Å²) in [5, 5.41) is 0. The van der Waals surface area contributed by atoms with Crippen LogP contribution in [0.15, 0.2) is 25.3 Å². The summed E-state index contributed by atoms with van der Waals surface area (Å²) in [4.78, 5) is 0. The van der Waals surface area contributed by atoms with E-state index in [2.05, 4.69) is 20.1 Å². The molecule has 0 aliphatic heterocycles. The molecule has 0 unspecified atom stereocenters. The largest absolute Gasteiger partial charge is 0.103 e. The fraction of sp³-hybridized carbons (Fsp3) is 0.733. The molecule has 0 atom stereocenters. The fourth-order valence-corrected chi connectivity index (χ4v) is 0.892. The van der Waals surface area contributed by atoms with Crippen molar-refractivity contribution < 1.29 is 0 Å². The lowest BCUT2D eigenvalue weighted by molar-refractivity contribution is 0.638. The van der Waals surface area contributed by atoms with Gasteiger partial charge in [0.1, 0.15) is 0 Å². The van der Waals surface area contributed by atoms with Gasteiger partial charge in [-0.2, -0.15) is 0 Å². The van der Waals surface area contributed by atoms with Crippen LogP contribution in [0.1, 0.15) is 73.6 Å².